The standard InChI is InChI=1S/C19H16FNO4/c1-25-16-8-5-15(6-9-16)18(22)10-7-14-4-2-13(12-17(14)20)3-11-19(23)21-24/h2-12,24H,1H3,(H,21,23)/b10-7+,11-3+. The second kappa shape index (κ2) is 8.56. The minimum atomic E-state index is -0.713. The summed E-state index contributed by atoms with van der Waals surface area (Å²) < 4.78 is 19.1. The normalized spacial score (nSPS) is 11.0. The molecule has 0 saturated heterocycles. The van der Waals surface area contributed by atoms with Crippen LogP contribution in [0.25, 0.3) is 12.2 Å². The summed E-state index contributed by atoms with van der Waals surface area (Å²) in [5, 5.41) is 8.38. The van der Waals surface area contributed by atoms with Crippen LogP contribution in [0.2, 0.25) is 0 Å². The molecule has 0 atom stereocenters. The van der Waals surface area contributed by atoms with Crippen LogP contribution in [0.5, 0.6) is 5.75 Å². The van der Waals surface area contributed by atoms with Crippen molar-refractivity contribution in [1.82, 2.24) is 5.48 Å². The lowest BCUT2D eigenvalue weighted by Crippen LogP contribution is -2.14. The molecule has 0 aromatic heterocycles. The number of rotatable bonds is 6. The van der Waals surface area contributed by atoms with E-state index in [0.29, 0.717) is 16.9 Å². The molecule has 5 nitrogen and oxygen atoms in total. The number of hydrogen-bond acceptors (Lipinski definition) is 4. The van der Waals surface area contributed by atoms with E-state index in [2.05, 4.69) is 0 Å². The maximum atomic E-state index is 14.0. The molecule has 0 unspecified atom stereocenters. The van der Waals surface area contributed by atoms with Crippen molar-refractivity contribution in [1.29, 1.82) is 0 Å². The molecule has 128 valence electrons. The van der Waals surface area contributed by atoms with Crippen LogP contribution in [0.4, 0.5) is 4.39 Å². The number of halogens is 1. The lowest BCUT2D eigenvalue weighted by atomic mass is 10.1. The van der Waals surface area contributed by atoms with Crippen molar-refractivity contribution in [3.05, 3.63) is 77.1 Å². The van der Waals surface area contributed by atoms with Gasteiger partial charge in [0.25, 0.3) is 5.91 Å². The number of methoxy groups -OCH3 is 1. The highest BCUT2D eigenvalue weighted by Crippen LogP contribution is 2.15. The molecule has 0 aliphatic carbocycles. The Hall–Kier alpha value is -3.25. The van der Waals surface area contributed by atoms with Gasteiger partial charge in [0.1, 0.15) is 11.6 Å². The molecule has 2 N–H and O–H groups in total. The zero-order valence-corrected chi connectivity index (χ0v) is 13.4. The van der Waals surface area contributed by atoms with Crippen LogP contribution in [-0.4, -0.2) is 24.0 Å². The third-order valence-electron chi connectivity index (χ3n) is 3.35. The second-order valence-electron chi connectivity index (χ2n) is 5.02. The summed E-state index contributed by atoms with van der Waals surface area (Å²) in [6, 6.07) is 10.9. The Balaban J connectivity index is 2.10. The van der Waals surface area contributed by atoms with E-state index in [9.17, 15) is 14.0 Å². The average Bonchev–Trinajstić information content (AvgIpc) is 2.65. The molecule has 0 heterocycles. The smallest absolute Gasteiger partial charge is 0.267 e. The molecule has 1 amide bonds. The number of ether oxygens (including phenoxy) is 1. The monoisotopic (exact) mass is 341 g/mol. The number of allylic oxidation sites excluding steroid dienone is 1. The summed E-state index contributed by atoms with van der Waals surface area (Å²) in [7, 11) is 1.54. The minimum absolute atomic E-state index is 0.241. The zero-order chi connectivity index (χ0) is 18.2. The summed E-state index contributed by atoms with van der Waals surface area (Å²) in [6.07, 6.45) is 5.09. The molecule has 2 aromatic rings. The molecule has 0 radical (unpaired) electrons. The van der Waals surface area contributed by atoms with Crippen molar-refractivity contribution in [2.45, 2.75) is 0 Å². The lowest BCUT2D eigenvalue weighted by molar-refractivity contribution is -0.124. The Labute approximate surface area is 144 Å². The molecular formula is C19H16FNO4. The van der Waals surface area contributed by atoms with E-state index in [0.717, 1.165) is 6.08 Å². The van der Waals surface area contributed by atoms with Crippen molar-refractivity contribution in [3.8, 4) is 5.75 Å². The summed E-state index contributed by atoms with van der Waals surface area (Å²) >= 11 is 0. The minimum Gasteiger partial charge on any atom is -0.497 e. The maximum absolute atomic E-state index is 14.0. The third kappa shape index (κ3) is 5.12. The first-order valence-electron chi connectivity index (χ1n) is 7.31. The number of amides is 1. The number of ketones is 1. The van der Waals surface area contributed by atoms with E-state index < -0.39 is 11.7 Å². The number of hydroxylamine groups is 1. The third-order valence-corrected chi connectivity index (χ3v) is 3.35. The number of benzene rings is 2. The van der Waals surface area contributed by atoms with Crippen LogP contribution >= 0.6 is 0 Å². The van der Waals surface area contributed by atoms with Gasteiger partial charge in [0, 0.05) is 17.2 Å². The highest BCUT2D eigenvalue weighted by molar-refractivity contribution is 6.06. The number of carbonyl (C=O) groups excluding carboxylic acids is 2. The van der Waals surface area contributed by atoms with E-state index in [-0.39, 0.29) is 11.3 Å². The summed E-state index contributed by atoms with van der Waals surface area (Å²) in [6.45, 7) is 0. The molecule has 2 aromatic carbocycles. The highest BCUT2D eigenvalue weighted by Gasteiger charge is 2.04. The van der Waals surface area contributed by atoms with Gasteiger partial charge >= 0.3 is 0 Å². The van der Waals surface area contributed by atoms with Gasteiger partial charge < -0.3 is 4.74 Å². The van der Waals surface area contributed by atoms with E-state index in [1.165, 1.54) is 43.0 Å². The molecule has 25 heavy (non-hydrogen) atoms. The van der Waals surface area contributed by atoms with Crippen LogP contribution in [-0.2, 0) is 4.79 Å². The van der Waals surface area contributed by atoms with Crippen LogP contribution in [0.15, 0.2) is 54.6 Å². The first-order valence-corrected chi connectivity index (χ1v) is 7.31. The van der Waals surface area contributed by atoms with Gasteiger partial charge in [-0.05, 0) is 54.1 Å². The second-order valence-corrected chi connectivity index (χ2v) is 5.02. The summed E-state index contributed by atoms with van der Waals surface area (Å²) in [5.74, 6) is -0.865. The van der Waals surface area contributed by atoms with E-state index in [1.54, 1.807) is 30.3 Å². The molecule has 0 aliphatic rings. The van der Waals surface area contributed by atoms with Crippen molar-refractivity contribution in [2.24, 2.45) is 0 Å². The van der Waals surface area contributed by atoms with Gasteiger partial charge in [-0.15, -0.1) is 0 Å². The fourth-order valence-electron chi connectivity index (χ4n) is 2.01. The van der Waals surface area contributed by atoms with Crippen molar-refractivity contribution >= 4 is 23.8 Å². The quantitative estimate of drug-likeness (QED) is 0.366. The molecule has 0 aliphatic heterocycles. The van der Waals surface area contributed by atoms with E-state index >= 15 is 0 Å². The predicted molar refractivity (Wildman–Crippen MR) is 91.7 cm³/mol. The molecule has 2 rings (SSSR count). The van der Waals surface area contributed by atoms with Crippen molar-refractivity contribution < 1.29 is 23.9 Å². The van der Waals surface area contributed by atoms with Crippen LogP contribution in [0.1, 0.15) is 21.5 Å². The maximum Gasteiger partial charge on any atom is 0.267 e. The van der Waals surface area contributed by atoms with Crippen molar-refractivity contribution in [3.63, 3.8) is 0 Å². The number of hydrogen-bond donors (Lipinski definition) is 2. The Bertz CT molecular complexity index is 826. The topological polar surface area (TPSA) is 75.6 Å². The zero-order valence-electron chi connectivity index (χ0n) is 13.4. The Morgan fingerprint density at radius 3 is 2.40 bits per heavy atom. The fraction of sp³-hybridized carbons (Fsp3) is 0.0526. The van der Waals surface area contributed by atoms with Crippen molar-refractivity contribution in [2.75, 3.05) is 7.11 Å². The van der Waals surface area contributed by atoms with Gasteiger partial charge in [-0.25, -0.2) is 9.87 Å². The van der Waals surface area contributed by atoms with Crippen LogP contribution < -0.4 is 10.2 Å². The Morgan fingerprint density at radius 1 is 1.08 bits per heavy atom. The van der Waals surface area contributed by atoms with Gasteiger partial charge in [0.2, 0.25) is 0 Å². The summed E-state index contributed by atoms with van der Waals surface area (Å²) in [4.78, 5) is 23.0. The van der Waals surface area contributed by atoms with Gasteiger partial charge in [0.05, 0.1) is 7.11 Å². The molecular weight excluding hydrogens is 325 g/mol. The van der Waals surface area contributed by atoms with Gasteiger partial charge in [-0.1, -0.05) is 12.1 Å². The SMILES string of the molecule is COc1ccc(C(=O)/C=C/c2ccc(/C=C/C(=O)NO)cc2F)cc1. The van der Waals surface area contributed by atoms with Gasteiger partial charge in [0.15, 0.2) is 5.78 Å². The lowest BCUT2D eigenvalue weighted by Gasteiger charge is -2.01. The van der Waals surface area contributed by atoms with Gasteiger partial charge in [-0.3, -0.25) is 14.8 Å². The number of carbonyl (C=O) groups is 2. The first-order chi connectivity index (χ1) is 12.0. The van der Waals surface area contributed by atoms with Gasteiger partial charge in [-0.2, -0.15) is 0 Å². The van der Waals surface area contributed by atoms with Crippen LogP contribution in [0, 0.1) is 5.82 Å². The molecule has 0 saturated carbocycles. The fourth-order valence-corrected chi connectivity index (χ4v) is 2.01. The molecule has 0 bridgehead atoms. The molecule has 0 spiro atoms. The Kier molecular flexibility index (Phi) is 6.20. The average molecular weight is 341 g/mol. The molecule has 0 fully saturated rings. The van der Waals surface area contributed by atoms with E-state index in [4.69, 9.17) is 9.94 Å². The number of nitrogens with one attached hydrogen (secondary N) is 1. The first kappa shape index (κ1) is 18.1. The van der Waals surface area contributed by atoms with E-state index in [1.807, 2.05) is 0 Å². The predicted octanol–water partition coefficient (Wildman–Crippen LogP) is 3.25. The highest BCUT2D eigenvalue weighted by atomic mass is 19.1. The molecule has 6 heteroatoms. The summed E-state index contributed by atoms with van der Waals surface area (Å²) in [5.41, 5.74) is 2.59. The van der Waals surface area contributed by atoms with Crippen LogP contribution in [0.3, 0.4) is 0 Å². The Morgan fingerprint density at radius 2 is 1.80 bits per heavy atom. The largest absolute Gasteiger partial charge is 0.497 e.